The molecular formula is C19H15FN4O. The van der Waals surface area contributed by atoms with Gasteiger partial charge in [0.2, 0.25) is 5.88 Å². The van der Waals surface area contributed by atoms with E-state index in [1.165, 1.54) is 12.1 Å². The quantitative estimate of drug-likeness (QED) is 0.566. The highest BCUT2D eigenvalue weighted by Gasteiger charge is 2.12. The Kier molecular flexibility index (Phi) is 3.85. The van der Waals surface area contributed by atoms with Gasteiger partial charge in [0.05, 0.1) is 29.1 Å². The molecule has 3 aromatic heterocycles. The van der Waals surface area contributed by atoms with E-state index >= 15 is 0 Å². The summed E-state index contributed by atoms with van der Waals surface area (Å²) in [7, 11) is 0. The van der Waals surface area contributed by atoms with Crippen molar-refractivity contribution in [1.82, 2.24) is 19.6 Å². The Labute approximate surface area is 143 Å². The summed E-state index contributed by atoms with van der Waals surface area (Å²) >= 11 is 0. The Morgan fingerprint density at radius 3 is 2.64 bits per heavy atom. The lowest BCUT2D eigenvalue weighted by Gasteiger charge is -2.05. The van der Waals surface area contributed by atoms with Crippen molar-refractivity contribution in [3.05, 3.63) is 66.9 Å². The predicted octanol–water partition coefficient (Wildman–Crippen LogP) is 4.00. The van der Waals surface area contributed by atoms with Crippen LogP contribution in [0.1, 0.15) is 6.92 Å². The molecule has 0 aliphatic rings. The van der Waals surface area contributed by atoms with Gasteiger partial charge in [0.15, 0.2) is 0 Å². The number of ether oxygens (including phenoxy) is 1. The molecule has 0 saturated carbocycles. The predicted molar refractivity (Wildman–Crippen MR) is 92.8 cm³/mol. The normalized spacial score (nSPS) is 11.0. The lowest BCUT2D eigenvalue weighted by Crippen LogP contribution is -1.97. The summed E-state index contributed by atoms with van der Waals surface area (Å²) in [6.07, 6.45) is 3.34. The summed E-state index contributed by atoms with van der Waals surface area (Å²) in [5.74, 6) is 0.289. The number of hydrogen-bond acceptors (Lipinski definition) is 4. The zero-order valence-corrected chi connectivity index (χ0v) is 13.6. The smallest absolute Gasteiger partial charge is 0.222 e. The molecule has 0 atom stereocenters. The van der Waals surface area contributed by atoms with E-state index in [-0.39, 0.29) is 5.82 Å². The maximum absolute atomic E-state index is 13.1. The van der Waals surface area contributed by atoms with Gasteiger partial charge in [0.1, 0.15) is 12.1 Å². The van der Waals surface area contributed by atoms with E-state index in [0.717, 1.165) is 28.0 Å². The van der Waals surface area contributed by atoms with Crippen LogP contribution >= 0.6 is 0 Å². The second-order valence-corrected chi connectivity index (χ2v) is 5.47. The molecule has 0 amide bonds. The fourth-order valence-electron chi connectivity index (χ4n) is 2.65. The van der Waals surface area contributed by atoms with Crippen LogP contribution in [0.15, 0.2) is 61.1 Å². The van der Waals surface area contributed by atoms with Crippen LogP contribution in [0, 0.1) is 5.82 Å². The Hall–Kier alpha value is -3.28. The number of rotatable bonds is 4. The molecule has 124 valence electrons. The van der Waals surface area contributed by atoms with E-state index in [1.54, 1.807) is 29.2 Å². The van der Waals surface area contributed by atoms with Gasteiger partial charge in [0, 0.05) is 11.8 Å². The Balaban J connectivity index is 1.77. The van der Waals surface area contributed by atoms with E-state index in [9.17, 15) is 4.39 Å². The summed E-state index contributed by atoms with van der Waals surface area (Å²) in [6, 6.07) is 13.9. The molecular weight excluding hydrogens is 319 g/mol. The Morgan fingerprint density at radius 1 is 1.04 bits per heavy atom. The van der Waals surface area contributed by atoms with Gasteiger partial charge in [-0.05, 0) is 55.5 Å². The fraction of sp³-hybridized carbons (Fsp3) is 0.105. The molecule has 5 nitrogen and oxygen atoms in total. The topological polar surface area (TPSA) is 52.3 Å². The number of nitrogens with zero attached hydrogens (tertiary/aromatic N) is 4. The van der Waals surface area contributed by atoms with Crippen molar-refractivity contribution in [1.29, 1.82) is 0 Å². The van der Waals surface area contributed by atoms with Crippen molar-refractivity contribution in [2.75, 3.05) is 6.61 Å². The van der Waals surface area contributed by atoms with Gasteiger partial charge >= 0.3 is 0 Å². The zero-order chi connectivity index (χ0) is 17.2. The van der Waals surface area contributed by atoms with Crippen molar-refractivity contribution in [2.24, 2.45) is 0 Å². The van der Waals surface area contributed by atoms with Crippen LogP contribution in [0.5, 0.6) is 5.88 Å². The van der Waals surface area contributed by atoms with Crippen molar-refractivity contribution in [3.8, 4) is 28.4 Å². The Bertz CT molecular complexity index is 1030. The minimum atomic E-state index is -0.267. The highest BCUT2D eigenvalue weighted by Crippen LogP contribution is 2.28. The van der Waals surface area contributed by atoms with E-state index in [1.807, 2.05) is 31.2 Å². The standard InChI is InChI=1S/C19H15FN4O/c1-2-25-19-16(4-3-9-21-19)18-11-15-10-17(22-12-24(15)23-18)13-5-7-14(20)8-6-13/h3-12H,2H2,1H3. The number of pyridine rings is 1. The average molecular weight is 334 g/mol. The molecule has 0 aliphatic heterocycles. The Morgan fingerprint density at radius 2 is 1.84 bits per heavy atom. The van der Waals surface area contributed by atoms with E-state index in [4.69, 9.17) is 4.74 Å². The first-order valence-electron chi connectivity index (χ1n) is 7.94. The molecule has 0 N–H and O–H groups in total. The van der Waals surface area contributed by atoms with Gasteiger partial charge in [-0.25, -0.2) is 18.9 Å². The van der Waals surface area contributed by atoms with Crippen LogP contribution in [0.4, 0.5) is 4.39 Å². The molecule has 6 heteroatoms. The van der Waals surface area contributed by atoms with Gasteiger partial charge in [-0.1, -0.05) is 0 Å². The summed E-state index contributed by atoms with van der Waals surface area (Å²) in [4.78, 5) is 8.67. The number of halogens is 1. The molecule has 0 unspecified atom stereocenters. The van der Waals surface area contributed by atoms with Crippen molar-refractivity contribution >= 4 is 5.52 Å². The first-order chi connectivity index (χ1) is 12.2. The molecule has 0 saturated heterocycles. The van der Waals surface area contributed by atoms with Gasteiger partial charge in [0.25, 0.3) is 0 Å². The second kappa shape index (κ2) is 6.32. The summed E-state index contributed by atoms with van der Waals surface area (Å²) in [5, 5.41) is 4.55. The highest BCUT2D eigenvalue weighted by molar-refractivity contribution is 5.72. The maximum Gasteiger partial charge on any atom is 0.222 e. The molecule has 0 bridgehead atoms. The van der Waals surface area contributed by atoms with Crippen molar-refractivity contribution in [3.63, 3.8) is 0 Å². The zero-order valence-electron chi connectivity index (χ0n) is 13.6. The summed E-state index contributed by atoms with van der Waals surface area (Å²) in [6.45, 7) is 2.45. The first kappa shape index (κ1) is 15.3. The summed E-state index contributed by atoms with van der Waals surface area (Å²) in [5.41, 5.74) is 4.08. The second-order valence-electron chi connectivity index (χ2n) is 5.47. The van der Waals surface area contributed by atoms with Crippen LogP contribution in [0.2, 0.25) is 0 Å². The van der Waals surface area contributed by atoms with E-state index in [0.29, 0.717) is 12.5 Å². The minimum Gasteiger partial charge on any atom is -0.477 e. The van der Waals surface area contributed by atoms with Crippen LogP contribution < -0.4 is 4.74 Å². The minimum absolute atomic E-state index is 0.267. The van der Waals surface area contributed by atoms with E-state index in [2.05, 4.69) is 15.1 Å². The molecule has 4 aromatic rings. The molecule has 3 heterocycles. The molecule has 25 heavy (non-hydrogen) atoms. The molecule has 4 rings (SSSR count). The first-order valence-corrected chi connectivity index (χ1v) is 7.94. The van der Waals surface area contributed by atoms with Gasteiger partial charge < -0.3 is 4.74 Å². The van der Waals surface area contributed by atoms with Gasteiger partial charge in [-0.3, -0.25) is 0 Å². The molecule has 0 fully saturated rings. The van der Waals surface area contributed by atoms with Crippen molar-refractivity contribution < 1.29 is 9.13 Å². The van der Waals surface area contributed by atoms with Gasteiger partial charge in [-0.15, -0.1) is 0 Å². The third-order valence-electron chi connectivity index (χ3n) is 3.82. The largest absolute Gasteiger partial charge is 0.477 e. The van der Waals surface area contributed by atoms with Crippen LogP contribution in [0.3, 0.4) is 0 Å². The maximum atomic E-state index is 13.1. The number of fused-ring (bicyclic) bond motifs is 1. The SMILES string of the molecule is CCOc1ncccc1-c1cc2cc(-c3ccc(F)cc3)ncn2n1. The molecule has 0 spiro atoms. The molecule has 1 aromatic carbocycles. The number of hydrogen-bond donors (Lipinski definition) is 0. The molecule has 0 aliphatic carbocycles. The van der Waals surface area contributed by atoms with Crippen LogP contribution in [-0.4, -0.2) is 26.2 Å². The lowest BCUT2D eigenvalue weighted by atomic mass is 10.1. The highest BCUT2D eigenvalue weighted by atomic mass is 19.1. The van der Waals surface area contributed by atoms with Crippen LogP contribution in [-0.2, 0) is 0 Å². The van der Waals surface area contributed by atoms with Gasteiger partial charge in [-0.2, -0.15) is 5.10 Å². The number of aromatic nitrogens is 4. The van der Waals surface area contributed by atoms with E-state index < -0.39 is 0 Å². The van der Waals surface area contributed by atoms with Crippen molar-refractivity contribution in [2.45, 2.75) is 6.92 Å². The third kappa shape index (κ3) is 2.94. The fourth-order valence-corrected chi connectivity index (χ4v) is 2.65. The average Bonchev–Trinajstić information content (AvgIpc) is 3.06. The number of benzene rings is 1. The van der Waals surface area contributed by atoms with Crippen LogP contribution in [0.25, 0.3) is 28.0 Å². The lowest BCUT2D eigenvalue weighted by molar-refractivity contribution is 0.328. The summed E-state index contributed by atoms with van der Waals surface area (Å²) < 4.78 is 20.4. The molecule has 0 radical (unpaired) electrons. The third-order valence-corrected chi connectivity index (χ3v) is 3.82. The monoisotopic (exact) mass is 334 g/mol.